The number of benzene rings is 1. The van der Waals surface area contributed by atoms with Crippen LogP contribution in [0.15, 0.2) is 18.2 Å². The van der Waals surface area contributed by atoms with Crippen LogP contribution in [-0.4, -0.2) is 36.4 Å². The zero-order valence-electron chi connectivity index (χ0n) is 11.6. The predicted molar refractivity (Wildman–Crippen MR) is 73.9 cm³/mol. The summed E-state index contributed by atoms with van der Waals surface area (Å²) in [5, 5.41) is 21.2. The lowest BCUT2D eigenvalue weighted by Gasteiger charge is -2.25. The first-order valence-corrected chi connectivity index (χ1v) is 6.16. The van der Waals surface area contributed by atoms with E-state index in [9.17, 15) is 4.79 Å². The first kappa shape index (κ1) is 15.3. The highest BCUT2D eigenvalue weighted by atomic mass is 16.5. The summed E-state index contributed by atoms with van der Waals surface area (Å²) in [5.41, 5.74) is 0.617. The first-order chi connectivity index (χ1) is 8.89. The maximum absolute atomic E-state index is 11.2. The van der Waals surface area contributed by atoms with Gasteiger partial charge in [0.15, 0.2) is 0 Å². The van der Waals surface area contributed by atoms with Crippen molar-refractivity contribution in [3.8, 4) is 5.75 Å². The van der Waals surface area contributed by atoms with Crippen LogP contribution in [0.5, 0.6) is 5.75 Å². The van der Waals surface area contributed by atoms with Crippen LogP contribution < -0.4 is 10.1 Å². The Morgan fingerprint density at radius 1 is 1.42 bits per heavy atom. The Morgan fingerprint density at radius 2 is 2.11 bits per heavy atom. The molecule has 5 heteroatoms. The van der Waals surface area contributed by atoms with Crippen molar-refractivity contribution >= 4 is 11.7 Å². The highest BCUT2D eigenvalue weighted by Crippen LogP contribution is 2.26. The first-order valence-electron chi connectivity index (χ1n) is 6.16. The number of rotatable bonds is 7. The van der Waals surface area contributed by atoms with Crippen LogP contribution in [-0.2, 0) is 0 Å². The Labute approximate surface area is 113 Å². The van der Waals surface area contributed by atoms with Crippen LogP contribution >= 0.6 is 0 Å². The minimum absolute atomic E-state index is 0.110. The number of ether oxygens (including phenoxy) is 1. The summed E-state index contributed by atoms with van der Waals surface area (Å²) in [5.74, 6) is -0.377. The van der Waals surface area contributed by atoms with Gasteiger partial charge in [-0.25, -0.2) is 4.79 Å². The normalized spacial score (nSPS) is 11.2. The van der Waals surface area contributed by atoms with Gasteiger partial charge in [0.25, 0.3) is 0 Å². The largest absolute Gasteiger partial charge is 0.497 e. The number of aliphatic hydroxyl groups is 1. The van der Waals surface area contributed by atoms with Crippen molar-refractivity contribution in [2.45, 2.75) is 20.3 Å². The zero-order chi connectivity index (χ0) is 14.5. The van der Waals surface area contributed by atoms with Gasteiger partial charge in [0, 0.05) is 19.2 Å². The van der Waals surface area contributed by atoms with Gasteiger partial charge >= 0.3 is 5.97 Å². The van der Waals surface area contributed by atoms with E-state index in [-0.39, 0.29) is 17.6 Å². The zero-order valence-corrected chi connectivity index (χ0v) is 11.6. The summed E-state index contributed by atoms with van der Waals surface area (Å²) in [7, 11) is 1.54. The number of methoxy groups -OCH3 is 1. The Bertz CT molecular complexity index is 443. The van der Waals surface area contributed by atoms with Crippen molar-refractivity contribution in [2.75, 3.05) is 25.6 Å². The molecule has 0 bridgehead atoms. The molecule has 1 rings (SSSR count). The van der Waals surface area contributed by atoms with Crippen LogP contribution in [0.3, 0.4) is 0 Å². The van der Waals surface area contributed by atoms with E-state index in [0.717, 1.165) is 0 Å². The maximum Gasteiger partial charge on any atom is 0.337 e. The van der Waals surface area contributed by atoms with E-state index in [2.05, 4.69) is 5.32 Å². The molecule has 106 valence electrons. The molecule has 0 aliphatic heterocycles. The molecule has 0 aliphatic rings. The molecule has 1 aromatic rings. The molecule has 0 heterocycles. The SMILES string of the molecule is COc1ccc(C(=O)O)c(NCC(C)(C)CCO)c1. The van der Waals surface area contributed by atoms with E-state index in [0.29, 0.717) is 24.4 Å². The van der Waals surface area contributed by atoms with Crippen LogP contribution in [0.25, 0.3) is 0 Å². The van der Waals surface area contributed by atoms with Crippen molar-refractivity contribution in [2.24, 2.45) is 5.41 Å². The van der Waals surface area contributed by atoms with Crippen molar-refractivity contribution in [3.63, 3.8) is 0 Å². The highest BCUT2D eigenvalue weighted by molar-refractivity contribution is 5.94. The van der Waals surface area contributed by atoms with Crippen molar-refractivity contribution in [1.29, 1.82) is 0 Å². The molecule has 0 saturated heterocycles. The van der Waals surface area contributed by atoms with E-state index in [1.807, 2.05) is 13.8 Å². The average Bonchev–Trinajstić information content (AvgIpc) is 2.35. The summed E-state index contributed by atoms with van der Waals surface area (Å²) in [4.78, 5) is 11.2. The second-order valence-corrected chi connectivity index (χ2v) is 5.21. The fourth-order valence-corrected chi connectivity index (χ4v) is 1.71. The van der Waals surface area contributed by atoms with Gasteiger partial charge in [0.1, 0.15) is 5.75 Å². The molecule has 5 nitrogen and oxygen atoms in total. The van der Waals surface area contributed by atoms with Crippen molar-refractivity contribution in [3.05, 3.63) is 23.8 Å². The van der Waals surface area contributed by atoms with Gasteiger partial charge in [-0.3, -0.25) is 0 Å². The van der Waals surface area contributed by atoms with Gasteiger partial charge in [0.05, 0.1) is 18.4 Å². The molecular weight excluding hydrogens is 246 g/mol. The summed E-state index contributed by atoms with van der Waals surface area (Å²) >= 11 is 0. The van der Waals surface area contributed by atoms with Crippen molar-refractivity contribution in [1.82, 2.24) is 0 Å². The van der Waals surface area contributed by atoms with Gasteiger partial charge in [-0.05, 0) is 24.0 Å². The number of aliphatic hydroxyl groups excluding tert-OH is 1. The number of hydrogen-bond donors (Lipinski definition) is 3. The maximum atomic E-state index is 11.2. The third-order valence-corrected chi connectivity index (χ3v) is 3.00. The molecule has 1 aromatic carbocycles. The van der Waals surface area contributed by atoms with Crippen molar-refractivity contribution < 1.29 is 19.7 Å². The summed E-state index contributed by atoms with van der Waals surface area (Å²) < 4.78 is 5.10. The fourth-order valence-electron chi connectivity index (χ4n) is 1.71. The number of carbonyl (C=O) groups is 1. The molecule has 0 atom stereocenters. The minimum Gasteiger partial charge on any atom is -0.497 e. The molecule has 19 heavy (non-hydrogen) atoms. The van der Waals surface area contributed by atoms with Crippen LogP contribution in [0.2, 0.25) is 0 Å². The Kier molecular flexibility index (Phi) is 5.18. The molecule has 0 aliphatic carbocycles. The number of hydrogen-bond acceptors (Lipinski definition) is 4. The Balaban J connectivity index is 2.89. The van der Waals surface area contributed by atoms with Crippen LogP contribution in [0.4, 0.5) is 5.69 Å². The van der Waals surface area contributed by atoms with Crippen LogP contribution in [0, 0.1) is 5.41 Å². The summed E-state index contributed by atoms with van der Waals surface area (Å²) in [6.07, 6.45) is 0.645. The molecule has 0 spiro atoms. The number of carboxylic acid groups (broad SMARTS) is 1. The van der Waals surface area contributed by atoms with E-state index in [1.54, 1.807) is 12.1 Å². The van der Waals surface area contributed by atoms with Gasteiger partial charge in [0.2, 0.25) is 0 Å². The summed E-state index contributed by atoms with van der Waals surface area (Å²) in [6, 6.07) is 4.80. The predicted octanol–water partition coefficient (Wildman–Crippen LogP) is 2.21. The number of carboxylic acids is 1. The van der Waals surface area contributed by atoms with Crippen LogP contribution in [0.1, 0.15) is 30.6 Å². The molecule has 0 fully saturated rings. The lowest BCUT2D eigenvalue weighted by molar-refractivity contribution is 0.0697. The summed E-state index contributed by atoms with van der Waals surface area (Å²) in [6.45, 7) is 4.70. The van der Waals surface area contributed by atoms with Gasteiger partial charge < -0.3 is 20.3 Å². The third kappa shape index (κ3) is 4.44. The lowest BCUT2D eigenvalue weighted by Crippen LogP contribution is -2.25. The molecule has 0 amide bonds. The molecule has 0 aromatic heterocycles. The lowest BCUT2D eigenvalue weighted by atomic mass is 9.89. The average molecular weight is 267 g/mol. The molecular formula is C14H21NO4. The standard InChI is InChI=1S/C14H21NO4/c1-14(2,6-7-16)9-15-12-8-10(19-3)4-5-11(12)13(17)18/h4-5,8,15-16H,6-7,9H2,1-3H3,(H,17,18). The van der Waals surface area contributed by atoms with E-state index >= 15 is 0 Å². The molecule has 0 radical (unpaired) electrons. The van der Waals surface area contributed by atoms with E-state index < -0.39 is 5.97 Å². The monoisotopic (exact) mass is 267 g/mol. The van der Waals surface area contributed by atoms with Gasteiger partial charge in [-0.15, -0.1) is 0 Å². The Hall–Kier alpha value is -1.75. The van der Waals surface area contributed by atoms with E-state index in [1.165, 1.54) is 13.2 Å². The molecule has 0 saturated carbocycles. The van der Waals surface area contributed by atoms with E-state index in [4.69, 9.17) is 14.9 Å². The number of anilines is 1. The van der Waals surface area contributed by atoms with Gasteiger partial charge in [-0.1, -0.05) is 13.8 Å². The molecule has 3 N–H and O–H groups in total. The number of aromatic carboxylic acids is 1. The minimum atomic E-state index is -0.981. The smallest absolute Gasteiger partial charge is 0.337 e. The fraction of sp³-hybridized carbons (Fsp3) is 0.500. The third-order valence-electron chi connectivity index (χ3n) is 3.00. The quantitative estimate of drug-likeness (QED) is 0.706. The van der Waals surface area contributed by atoms with Gasteiger partial charge in [-0.2, -0.15) is 0 Å². The second-order valence-electron chi connectivity index (χ2n) is 5.21. The number of nitrogens with one attached hydrogen (secondary N) is 1. The second kappa shape index (κ2) is 6.43. The molecule has 0 unspecified atom stereocenters. The topological polar surface area (TPSA) is 78.8 Å². The Morgan fingerprint density at radius 3 is 2.63 bits per heavy atom. The highest BCUT2D eigenvalue weighted by Gasteiger charge is 2.18.